The third-order valence-electron chi connectivity index (χ3n) is 4.71. The van der Waals surface area contributed by atoms with Gasteiger partial charge in [-0.2, -0.15) is 11.8 Å². The van der Waals surface area contributed by atoms with E-state index in [2.05, 4.69) is 60.8 Å². The summed E-state index contributed by atoms with van der Waals surface area (Å²) in [5, 5.41) is 3.09. The van der Waals surface area contributed by atoms with Gasteiger partial charge in [-0.1, -0.05) is 90.5 Å². The molecule has 0 bridgehead atoms. The lowest BCUT2D eigenvalue weighted by Crippen LogP contribution is -2.27. The first kappa shape index (κ1) is 20.2. The highest BCUT2D eigenvalue weighted by molar-refractivity contribution is 7.98. The van der Waals surface area contributed by atoms with Crippen LogP contribution in [0.5, 0.6) is 0 Å². The van der Waals surface area contributed by atoms with Crippen LogP contribution >= 0.6 is 11.8 Å². The molecular formula is C25H27NOS. The molecule has 0 atom stereocenters. The maximum Gasteiger partial charge on any atom is 0.220 e. The van der Waals surface area contributed by atoms with Crippen molar-refractivity contribution >= 4 is 17.7 Å². The Balaban J connectivity index is 1.49. The number of hydrogen-bond acceptors (Lipinski definition) is 2. The van der Waals surface area contributed by atoms with Crippen LogP contribution in [-0.2, 0) is 10.5 Å². The number of carbonyl (C=O) groups excluding carboxylic acids is 1. The second-order valence-electron chi connectivity index (χ2n) is 6.97. The van der Waals surface area contributed by atoms with Crippen LogP contribution in [0.1, 0.15) is 34.6 Å². The summed E-state index contributed by atoms with van der Waals surface area (Å²) in [6.45, 7) is 2.82. The minimum atomic E-state index is 0.0855. The number of carbonyl (C=O) groups is 1. The molecule has 0 aromatic heterocycles. The number of nitrogens with one attached hydrogen (secondary N) is 1. The highest BCUT2D eigenvalue weighted by Crippen LogP contribution is 2.27. The molecule has 0 heterocycles. The number of thioether (sulfide) groups is 1. The zero-order chi connectivity index (χ0) is 19.6. The molecule has 3 rings (SSSR count). The zero-order valence-electron chi connectivity index (χ0n) is 16.3. The van der Waals surface area contributed by atoms with Crippen LogP contribution in [0, 0.1) is 6.92 Å². The van der Waals surface area contributed by atoms with Gasteiger partial charge in [0.2, 0.25) is 5.91 Å². The van der Waals surface area contributed by atoms with Gasteiger partial charge in [0.1, 0.15) is 0 Å². The summed E-state index contributed by atoms with van der Waals surface area (Å²) in [6, 6.07) is 29.1. The van der Waals surface area contributed by atoms with Gasteiger partial charge in [0.25, 0.3) is 0 Å². The van der Waals surface area contributed by atoms with Crippen molar-refractivity contribution in [3.05, 3.63) is 107 Å². The Kier molecular flexibility index (Phi) is 7.74. The molecule has 28 heavy (non-hydrogen) atoms. The Labute approximate surface area is 172 Å². The lowest BCUT2D eigenvalue weighted by molar-refractivity contribution is -0.121. The summed E-state index contributed by atoms with van der Waals surface area (Å²) in [6.07, 6.45) is 0.469. The van der Waals surface area contributed by atoms with Crippen LogP contribution < -0.4 is 5.32 Å². The highest BCUT2D eigenvalue weighted by Gasteiger charge is 2.17. The Morgan fingerprint density at radius 2 is 1.54 bits per heavy atom. The van der Waals surface area contributed by atoms with Crippen molar-refractivity contribution in [3.8, 4) is 0 Å². The lowest BCUT2D eigenvalue weighted by Gasteiger charge is -2.18. The fraction of sp³-hybridized carbons (Fsp3) is 0.240. The number of hydrogen-bond donors (Lipinski definition) is 1. The van der Waals surface area contributed by atoms with Crippen molar-refractivity contribution in [1.29, 1.82) is 0 Å². The molecule has 0 saturated carbocycles. The molecule has 3 heteroatoms. The Hall–Kier alpha value is -2.52. The predicted molar refractivity (Wildman–Crippen MR) is 120 cm³/mol. The van der Waals surface area contributed by atoms with Crippen molar-refractivity contribution in [2.24, 2.45) is 0 Å². The molecule has 3 aromatic rings. The number of benzene rings is 3. The van der Waals surface area contributed by atoms with E-state index in [9.17, 15) is 4.79 Å². The van der Waals surface area contributed by atoms with Crippen LogP contribution in [0.2, 0.25) is 0 Å². The summed E-state index contributed by atoms with van der Waals surface area (Å²) in [7, 11) is 0. The first-order chi connectivity index (χ1) is 13.7. The van der Waals surface area contributed by atoms with Gasteiger partial charge in [-0.3, -0.25) is 4.79 Å². The number of aryl methyl sites for hydroxylation is 1. The predicted octanol–water partition coefficient (Wildman–Crippen LogP) is 5.57. The quantitative estimate of drug-likeness (QED) is 0.485. The summed E-state index contributed by atoms with van der Waals surface area (Å²) < 4.78 is 0. The lowest BCUT2D eigenvalue weighted by atomic mass is 9.88. The van der Waals surface area contributed by atoms with E-state index in [1.54, 1.807) is 0 Å². The van der Waals surface area contributed by atoms with Crippen molar-refractivity contribution in [2.75, 3.05) is 12.3 Å². The maximum atomic E-state index is 12.6. The average molecular weight is 390 g/mol. The van der Waals surface area contributed by atoms with Crippen LogP contribution in [-0.4, -0.2) is 18.2 Å². The summed E-state index contributed by atoms with van der Waals surface area (Å²) in [5.41, 5.74) is 4.99. The van der Waals surface area contributed by atoms with Gasteiger partial charge < -0.3 is 5.32 Å². The van der Waals surface area contributed by atoms with Crippen molar-refractivity contribution in [1.82, 2.24) is 5.32 Å². The van der Waals surface area contributed by atoms with Crippen molar-refractivity contribution in [3.63, 3.8) is 0 Å². The topological polar surface area (TPSA) is 29.1 Å². The van der Waals surface area contributed by atoms with Gasteiger partial charge in [0, 0.05) is 30.4 Å². The van der Waals surface area contributed by atoms with E-state index >= 15 is 0 Å². The number of rotatable bonds is 9. The smallest absolute Gasteiger partial charge is 0.220 e. The molecular weight excluding hydrogens is 362 g/mol. The van der Waals surface area contributed by atoms with Crippen LogP contribution in [0.3, 0.4) is 0 Å². The normalized spacial score (nSPS) is 10.8. The summed E-state index contributed by atoms with van der Waals surface area (Å²) >= 11 is 1.85. The van der Waals surface area contributed by atoms with Crippen LogP contribution in [0.25, 0.3) is 0 Å². The van der Waals surface area contributed by atoms with Gasteiger partial charge in [-0.15, -0.1) is 0 Å². The van der Waals surface area contributed by atoms with E-state index in [1.165, 1.54) is 22.3 Å². The summed E-state index contributed by atoms with van der Waals surface area (Å²) in [4.78, 5) is 12.6. The monoisotopic (exact) mass is 389 g/mol. The molecule has 1 N–H and O–H groups in total. The standard InChI is InChI=1S/C25H27NOS/c1-20-9-8-10-21(17-20)19-28-16-15-26-25(27)18-24(22-11-4-2-5-12-22)23-13-6-3-7-14-23/h2-14,17,24H,15-16,18-19H2,1H3,(H,26,27). The van der Waals surface area contributed by atoms with Gasteiger partial charge in [0.05, 0.1) is 0 Å². The third-order valence-corrected chi connectivity index (χ3v) is 5.74. The molecule has 0 unspecified atom stereocenters. The van der Waals surface area contributed by atoms with Gasteiger partial charge >= 0.3 is 0 Å². The minimum absolute atomic E-state index is 0.0855. The zero-order valence-corrected chi connectivity index (χ0v) is 17.1. The maximum absolute atomic E-state index is 12.6. The van der Waals surface area contributed by atoms with E-state index in [-0.39, 0.29) is 11.8 Å². The summed E-state index contributed by atoms with van der Waals surface area (Å²) in [5.74, 6) is 2.09. The minimum Gasteiger partial charge on any atom is -0.355 e. The average Bonchev–Trinajstić information content (AvgIpc) is 2.73. The second-order valence-corrected chi connectivity index (χ2v) is 8.07. The van der Waals surface area contributed by atoms with E-state index in [0.717, 1.165) is 11.5 Å². The highest BCUT2D eigenvalue weighted by atomic mass is 32.2. The third kappa shape index (κ3) is 6.28. The first-order valence-electron chi connectivity index (χ1n) is 9.72. The van der Waals surface area contributed by atoms with Crippen molar-refractivity contribution in [2.45, 2.75) is 25.0 Å². The fourth-order valence-corrected chi connectivity index (χ4v) is 4.12. The van der Waals surface area contributed by atoms with E-state index in [0.29, 0.717) is 13.0 Å². The molecule has 0 spiro atoms. The SMILES string of the molecule is Cc1cccc(CSCCNC(=O)CC(c2ccccc2)c2ccccc2)c1. The van der Waals surface area contributed by atoms with E-state index < -0.39 is 0 Å². The van der Waals surface area contributed by atoms with Crippen LogP contribution in [0.4, 0.5) is 0 Å². The Morgan fingerprint density at radius 3 is 2.14 bits per heavy atom. The van der Waals surface area contributed by atoms with E-state index in [1.807, 2.05) is 48.2 Å². The molecule has 0 aliphatic rings. The molecule has 0 fully saturated rings. The van der Waals surface area contributed by atoms with Gasteiger partial charge in [0.15, 0.2) is 0 Å². The van der Waals surface area contributed by atoms with E-state index in [4.69, 9.17) is 0 Å². The molecule has 0 aliphatic heterocycles. The first-order valence-corrected chi connectivity index (χ1v) is 10.9. The molecule has 0 saturated heterocycles. The van der Waals surface area contributed by atoms with Crippen LogP contribution in [0.15, 0.2) is 84.9 Å². The van der Waals surface area contributed by atoms with Crippen molar-refractivity contribution < 1.29 is 4.79 Å². The molecule has 0 aliphatic carbocycles. The Bertz CT molecular complexity index is 824. The fourth-order valence-electron chi connectivity index (χ4n) is 3.31. The molecule has 3 aromatic carbocycles. The van der Waals surface area contributed by atoms with Gasteiger partial charge in [-0.25, -0.2) is 0 Å². The largest absolute Gasteiger partial charge is 0.355 e. The molecule has 0 radical (unpaired) electrons. The molecule has 2 nitrogen and oxygen atoms in total. The number of amides is 1. The Morgan fingerprint density at radius 1 is 0.893 bits per heavy atom. The molecule has 144 valence electrons. The second kappa shape index (κ2) is 10.7. The molecule has 1 amide bonds. The van der Waals surface area contributed by atoms with Gasteiger partial charge in [-0.05, 0) is 23.6 Å².